The molecule has 0 amide bonds. The first-order valence-electron chi connectivity index (χ1n) is 29.2. The molecule has 3 heteroatoms. The summed E-state index contributed by atoms with van der Waals surface area (Å²) >= 11 is 0. The van der Waals surface area contributed by atoms with E-state index in [0.717, 1.165) is 48.3 Å². The van der Waals surface area contributed by atoms with Crippen LogP contribution in [-0.4, -0.2) is 12.7 Å². The molecule has 3 unspecified atom stereocenters. The molecule has 0 saturated heterocycles. The fraction of sp³-hybridized carbons (Fsp3) is 0.636. The zero-order valence-electron chi connectivity index (χ0n) is 45.5. The maximum Gasteiger partial charge on any atom is 0.161 e. The molecule has 3 atom stereocenters. The van der Waals surface area contributed by atoms with Crippen LogP contribution in [0.4, 0.5) is 0 Å². The molecule has 0 spiro atoms. The van der Waals surface area contributed by atoms with Gasteiger partial charge < -0.3 is 14.2 Å². The van der Waals surface area contributed by atoms with Crippen molar-refractivity contribution in [3.8, 4) is 11.5 Å². The molecular formula is C66H102O3. The highest BCUT2D eigenvalue weighted by molar-refractivity contribution is 5.36. The molecule has 0 radical (unpaired) electrons. The maximum atomic E-state index is 7.35. The molecular weight excluding hydrogens is 841 g/mol. The van der Waals surface area contributed by atoms with Crippen LogP contribution < -0.4 is 9.47 Å². The Hall–Kier alpha value is -3.56. The number of rotatable bonds is 42. The van der Waals surface area contributed by atoms with Gasteiger partial charge in [0.1, 0.15) is 24.2 Å². The molecule has 0 heterocycles. The lowest BCUT2D eigenvalue weighted by Gasteiger charge is -2.40. The normalized spacial score (nSPS) is 13.3. The Labute approximate surface area is 425 Å². The summed E-state index contributed by atoms with van der Waals surface area (Å²) in [5.74, 6) is 1.77. The van der Waals surface area contributed by atoms with E-state index in [4.69, 9.17) is 14.2 Å². The first kappa shape index (κ1) is 58.0. The lowest BCUT2D eigenvalue weighted by molar-refractivity contribution is -0.124. The summed E-state index contributed by atoms with van der Waals surface area (Å²) < 4.78 is 21.1. The summed E-state index contributed by atoms with van der Waals surface area (Å²) in [7, 11) is 0. The van der Waals surface area contributed by atoms with Gasteiger partial charge in [-0.3, -0.25) is 0 Å². The zero-order chi connectivity index (χ0) is 49.0. The van der Waals surface area contributed by atoms with Gasteiger partial charge in [-0.15, -0.1) is 0 Å². The second-order valence-electron chi connectivity index (χ2n) is 21.1. The quantitative estimate of drug-likeness (QED) is 0.0414. The SMILES string of the molecule is CCCCCCCCCc1ccc(OCC(C)OC(c2ccc(CCCCCCCCC)cc2)C(C)(Oc2ccc(CCCCCCCCC)cc2)c2ccc(CCCCCCCCC)cc2)cc1. The third-order valence-corrected chi connectivity index (χ3v) is 14.6. The average molecular weight is 944 g/mol. The van der Waals surface area contributed by atoms with E-state index in [1.807, 2.05) is 0 Å². The Bertz CT molecular complexity index is 1800. The summed E-state index contributed by atoms with van der Waals surface area (Å²) in [4.78, 5) is 0. The van der Waals surface area contributed by atoms with Crippen molar-refractivity contribution in [2.75, 3.05) is 6.61 Å². The Balaban J connectivity index is 1.54. The van der Waals surface area contributed by atoms with Crippen LogP contribution in [0.5, 0.6) is 11.5 Å². The molecule has 0 aliphatic rings. The van der Waals surface area contributed by atoms with E-state index in [-0.39, 0.29) is 6.10 Å². The van der Waals surface area contributed by atoms with E-state index in [9.17, 15) is 0 Å². The lowest BCUT2D eigenvalue weighted by atomic mass is 9.84. The van der Waals surface area contributed by atoms with Crippen LogP contribution in [0.3, 0.4) is 0 Å². The first-order valence-corrected chi connectivity index (χ1v) is 29.2. The van der Waals surface area contributed by atoms with E-state index in [0.29, 0.717) is 6.61 Å². The minimum absolute atomic E-state index is 0.196. The second-order valence-corrected chi connectivity index (χ2v) is 21.1. The molecule has 0 aliphatic heterocycles. The Kier molecular flexibility index (Phi) is 30.6. The van der Waals surface area contributed by atoms with E-state index in [1.54, 1.807) is 0 Å². The molecule has 0 aromatic heterocycles. The highest BCUT2D eigenvalue weighted by atomic mass is 16.6. The van der Waals surface area contributed by atoms with E-state index in [1.165, 1.54) is 202 Å². The van der Waals surface area contributed by atoms with Crippen molar-refractivity contribution < 1.29 is 14.2 Å². The third kappa shape index (κ3) is 23.9. The highest BCUT2D eigenvalue weighted by Crippen LogP contribution is 2.43. The van der Waals surface area contributed by atoms with Crippen molar-refractivity contribution in [2.24, 2.45) is 0 Å². The molecule has 0 aliphatic carbocycles. The number of benzene rings is 4. The van der Waals surface area contributed by atoms with Crippen LogP contribution in [0.2, 0.25) is 0 Å². The van der Waals surface area contributed by atoms with E-state index in [2.05, 4.69) is 139 Å². The van der Waals surface area contributed by atoms with Gasteiger partial charge in [-0.1, -0.05) is 255 Å². The molecule has 69 heavy (non-hydrogen) atoms. The van der Waals surface area contributed by atoms with Gasteiger partial charge in [0.05, 0.1) is 6.10 Å². The van der Waals surface area contributed by atoms with Crippen molar-refractivity contribution in [1.82, 2.24) is 0 Å². The van der Waals surface area contributed by atoms with E-state index >= 15 is 0 Å². The van der Waals surface area contributed by atoms with Gasteiger partial charge in [0, 0.05) is 0 Å². The predicted molar refractivity (Wildman–Crippen MR) is 299 cm³/mol. The molecule has 0 saturated carbocycles. The number of ether oxygens (including phenoxy) is 3. The molecule has 4 rings (SSSR count). The second kappa shape index (κ2) is 36.4. The minimum atomic E-state index is -0.830. The van der Waals surface area contributed by atoms with Gasteiger partial charge in [-0.05, 0) is 123 Å². The standard InChI is InChI=1S/C66H102O3/c1-7-11-15-19-23-27-31-35-57-39-47-61(48-40-57)65(68-56(5)55-67-63-51-43-59(44-52-63)37-33-29-25-21-17-13-9-3)66(6,62-49-41-58(42-50-62)36-32-28-24-20-16-12-8-2)69-64-53-45-60(46-54-64)38-34-30-26-22-18-14-10-4/h39-54,56,65H,7-38,55H2,1-6H3. The highest BCUT2D eigenvalue weighted by Gasteiger charge is 2.42. The van der Waals surface area contributed by atoms with Gasteiger partial charge in [-0.2, -0.15) is 0 Å². The van der Waals surface area contributed by atoms with Gasteiger partial charge in [0.2, 0.25) is 0 Å². The van der Waals surface area contributed by atoms with Crippen LogP contribution in [0.1, 0.15) is 261 Å². The van der Waals surface area contributed by atoms with Crippen molar-refractivity contribution >= 4 is 0 Å². The van der Waals surface area contributed by atoms with Gasteiger partial charge >= 0.3 is 0 Å². The third-order valence-electron chi connectivity index (χ3n) is 14.6. The van der Waals surface area contributed by atoms with Crippen LogP contribution in [0.15, 0.2) is 97.1 Å². The molecule has 0 bridgehead atoms. The summed E-state index contributed by atoms with van der Waals surface area (Å²) in [6, 6.07) is 36.3. The molecule has 0 N–H and O–H groups in total. The van der Waals surface area contributed by atoms with Crippen LogP contribution in [-0.2, 0) is 36.0 Å². The van der Waals surface area contributed by atoms with E-state index < -0.39 is 11.7 Å². The zero-order valence-corrected chi connectivity index (χ0v) is 45.5. The van der Waals surface area contributed by atoms with Crippen molar-refractivity contribution in [3.05, 3.63) is 130 Å². The summed E-state index contributed by atoms with van der Waals surface area (Å²) in [6.07, 6.45) is 41.0. The number of unbranched alkanes of at least 4 members (excludes halogenated alkanes) is 24. The Morgan fingerprint density at radius 1 is 0.362 bits per heavy atom. The topological polar surface area (TPSA) is 27.7 Å². The van der Waals surface area contributed by atoms with Gasteiger partial charge in [0.25, 0.3) is 0 Å². The van der Waals surface area contributed by atoms with Gasteiger partial charge in [-0.25, -0.2) is 0 Å². The molecule has 0 fully saturated rings. The smallest absolute Gasteiger partial charge is 0.161 e. The lowest BCUT2D eigenvalue weighted by Crippen LogP contribution is -2.40. The summed E-state index contributed by atoms with van der Waals surface area (Å²) in [6.45, 7) is 14.0. The Morgan fingerprint density at radius 2 is 0.667 bits per heavy atom. The molecule has 384 valence electrons. The summed E-state index contributed by atoms with van der Waals surface area (Å²) in [5, 5.41) is 0. The number of hydrogen-bond donors (Lipinski definition) is 0. The monoisotopic (exact) mass is 943 g/mol. The first-order chi connectivity index (χ1) is 33.9. The molecule has 4 aromatic carbocycles. The van der Waals surface area contributed by atoms with Crippen molar-refractivity contribution in [3.63, 3.8) is 0 Å². The molecule has 3 nitrogen and oxygen atoms in total. The molecule has 4 aromatic rings. The Morgan fingerprint density at radius 3 is 1.03 bits per heavy atom. The van der Waals surface area contributed by atoms with Gasteiger partial charge in [0.15, 0.2) is 5.60 Å². The van der Waals surface area contributed by atoms with Crippen LogP contribution >= 0.6 is 0 Å². The number of hydrogen-bond acceptors (Lipinski definition) is 3. The van der Waals surface area contributed by atoms with Crippen molar-refractivity contribution in [2.45, 2.75) is 265 Å². The van der Waals surface area contributed by atoms with Crippen molar-refractivity contribution in [1.29, 1.82) is 0 Å². The van der Waals surface area contributed by atoms with Crippen LogP contribution in [0, 0.1) is 0 Å². The maximum absolute atomic E-state index is 7.35. The fourth-order valence-corrected chi connectivity index (χ4v) is 10.0. The summed E-state index contributed by atoms with van der Waals surface area (Å²) in [5.41, 5.74) is 6.99. The average Bonchev–Trinajstić information content (AvgIpc) is 3.37. The fourth-order valence-electron chi connectivity index (χ4n) is 10.0. The number of aryl methyl sites for hydroxylation is 4. The largest absolute Gasteiger partial charge is 0.491 e. The minimum Gasteiger partial charge on any atom is -0.491 e. The predicted octanol–water partition coefficient (Wildman–Crippen LogP) is 20.4. The van der Waals surface area contributed by atoms with Crippen LogP contribution in [0.25, 0.3) is 0 Å².